The molecule has 0 saturated carbocycles. The minimum absolute atomic E-state index is 0.689. The van der Waals surface area contributed by atoms with Crippen LogP contribution in [0.25, 0.3) is 10.8 Å². The molecule has 0 aliphatic carbocycles. The molecule has 2 aromatic carbocycles. The minimum Gasteiger partial charge on any atom is -0.381 e. The first-order valence-corrected chi connectivity index (χ1v) is 7.18. The van der Waals surface area contributed by atoms with E-state index in [9.17, 15) is 0 Å². The van der Waals surface area contributed by atoms with Gasteiger partial charge in [0.2, 0.25) is 0 Å². The lowest BCUT2D eigenvalue weighted by atomic mass is 10.0. The number of benzene rings is 2. The number of hydrogen-bond donors (Lipinski definition) is 1. The highest BCUT2D eigenvalue weighted by Crippen LogP contribution is 2.16. The molecular weight excluding hydrogens is 234 g/mol. The third kappa shape index (κ3) is 3.34. The van der Waals surface area contributed by atoms with Gasteiger partial charge in [-0.2, -0.15) is 0 Å². The Kier molecular flexibility index (Phi) is 4.11. The molecule has 1 saturated heterocycles. The largest absolute Gasteiger partial charge is 0.381 e. The quantitative estimate of drug-likeness (QED) is 0.904. The Balaban J connectivity index is 1.56. The zero-order chi connectivity index (χ0) is 12.9. The van der Waals surface area contributed by atoms with Crippen LogP contribution in [-0.2, 0) is 11.3 Å². The zero-order valence-corrected chi connectivity index (χ0v) is 11.3. The van der Waals surface area contributed by atoms with E-state index in [4.69, 9.17) is 4.74 Å². The maximum Gasteiger partial charge on any atom is 0.0506 e. The third-order valence-corrected chi connectivity index (χ3v) is 3.83. The Morgan fingerprint density at radius 3 is 2.84 bits per heavy atom. The van der Waals surface area contributed by atoms with Gasteiger partial charge in [-0.25, -0.2) is 0 Å². The normalized spacial score (nSPS) is 19.7. The predicted octanol–water partition coefficient (Wildman–Crippen LogP) is 3.36. The molecule has 1 N–H and O–H groups in total. The predicted molar refractivity (Wildman–Crippen MR) is 79.2 cm³/mol. The Morgan fingerprint density at radius 1 is 1.11 bits per heavy atom. The smallest absolute Gasteiger partial charge is 0.0506 e. The number of ether oxygens (including phenoxy) is 1. The van der Waals surface area contributed by atoms with Crippen molar-refractivity contribution >= 4 is 10.8 Å². The summed E-state index contributed by atoms with van der Waals surface area (Å²) in [4.78, 5) is 0. The van der Waals surface area contributed by atoms with E-state index in [1.165, 1.54) is 29.2 Å². The lowest BCUT2D eigenvalue weighted by Crippen LogP contribution is -2.28. The highest BCUT2D eigenvalue weighted by atomic mass is 16.5. The molecule has 1 unspecified atom stereocenters. The van der Waals surface area contributed by atoms with Gasteiger partial charge in [0.05, 0.1) is 6.61 Å². The average Bonchev–Trinajstić information content (AvgIpc) is 2.48. The van der Waals surface area contributed by atoms with E-state index in [1.807, 2.05) is 0 Å². The fourth-order valence-corrected chi connectivity index (χ4v) is 2.74. The number of rotatable bonds is 4. The molecule has 0 aromatic heterocycles. The van der Waals surface area contributed by atoms with E-state index in [0.29, 0.717) is 5.92 Å². The minimum atomic E-state index is 0.689. The van der Waals surface area contributed by atoms with Crippen LogP contribution in [0, 0.1) is 5.92 Å². The summed E-state index contributed by atoms with van der Waals surface area (Å²) in [6.45, 7) is 3.88. The first-order chi connectivity index (χ1) is 9.42. The summed E-state index contributed by atoms with van der Waals surface area (Å²) in [5.74, 6) is 0.689. The number of hydrogen-bond acceptors (Lipinski definition) is 2. The molecule has 100 valence electrons. The van der Waals surface area contributed by atoms with E-state index in [2.05, 4.69) is 47.8 Å². The molecule has 19 heavy (non-hydrogen) atoms. The second-order valence-electron chi connectivity index (χ2n) is 5.40. The van der Waals surface area contributed by atoms with Crippen LogP contribution in [0.2, 0.25) is 0 Å². The van der Waals surface area contributed by atoms with Crippen LogP contribution in [0.4, 0.5) is 0 Å². The molecule has 1 fully saturated rings. The van der Waals surface area contributed by atoms with E-state index in [1.54, 1.807) is 0 Å². The molecule has 1 atom stereocenters. The van der Waals surface area contributed by atoms with Gasteiger partial charge in [-0.15, -0.1) is 0 Å². The second-order valence-corrected chi connectivity index (χ2v) is 5.40. The fraction of sp³-hybridized carbons (Fsp3) is 0.412. The molecule has 2 aromatic rings. The van der Waals surface area contributed by atoms with Crippen LogP contribution >= 0.6 is 0 Å². The lowest BCUT2D eigenvalue weighted by molar-refractivity contribution is 0.0547. The van der Waals surface area contributed by atoms with Crippen molar-refractivity contribution in [1.82, 2.24) is 5.32 Å². The van der Waals surface area contributed by atoms with Crippen LogP contribution in [0.3, 0.4) is 0 Å². The maximum atomic E-state index is 5.50. The molecule has 0 radical (unpaired) electrons. The van der Waals surface area contributed by atoms with Crippen molar-refractivity contribution in [3.63, 3.8) is 0 Å². The molecule has 3 rings (SSSR count). The SMILES string of the molecule is c1ccc2cc(CNCC3CCCOC3)ccc2c1. The van der Waals surface area contributed by atoms with Crippen molar-refractivity contribution < 1.29 is 4.74 Å². The molecule has 0 bridgehead atoms. The van der Waals surface area contributed by atoms with Gasteiger partial charge in [0.25, 0.3) is 0 Å². The van der Waals surface area contributed by atoms with Gasteiger partial charge in [0, 0.05) is 19.7 Å². The summed E-state index contributed by atoms with van der Waals surface area (Å²) in [5.41, 5.74) is 1.36. The summed E-state index contributed by atoms with van der Waals surface area (Å²) in [6.07, 6.45) is 2.51. The van der Waals surface area contributed by atoms with Crippen LogP contribution in [0.5, 0.6) is 0 Å². The molecule has 0 spiro atoms. The van der Waals surface area contributed by atoms with Gasteiger partial charge in [0.1, 0.15) is 0 Å². The molecule has 2 heteroatoms. The standard InChI is InChI=1S/C17H21NO/c1-2-6-17-10-14(7-8-16(17)5-1)11-18-12-15-4-3-9-19-13-15/h1-2,5-8,10,15,18H,3-4,9,11-13H2. The van der Waals surface area contributed by atoms with Crippen molar-refractivity contribution in [2.24, 2.45) is 5.92 Å². The second kappa shape index (κ2) is 6.18. The number of nitrogens with one attached hydrogen (secondary N) is 1. The first kappa shape index (κ1) is 12.6. The molecule has 1 aliphatic heterocycles. The summed E-state index contributed by atoms with van der Waals surface area (Å²) < 4.78 is 5.50. The van der Waals surface area contributed by atoms with Crippen molar-refractivity contribution in [3.8, 4) is 0 Å². The van der Waals surface area contributed by atoms with Crippen molar-refractivity contribution in [1.29, 1.82) is 0 Å². The van der Waals surface area contributed by atoms with Crippen LogP contribution in [-0.4, -0.2) is 19.8 Å². The van der Waals surface area contributed by atoms with E-state index >= 15 is 0 Å². The van der Waals surface area contributed by atoms with Crippen LogP contribution in [0.15, 0.2) is 42.5 Å². The lowest BCUT2D eigenvalue weighted by Gasteiger charge is -2.22. The van der Waals surface area contributed by atoms with Gasteiger partial charge in [-0.3, -0.25) is 0 Å². The van der Waals surface area contributed by atoms with Gasteiger partial charge in [0.15, 0.2) is 0 Å². The summed E-state index contributed by atoms with van der Waals surface area (Å²) >= 11 is 0. The molecule has 1 aliphatic rings. The highest BCUT2D eigenvalue weighted by Gasteiger charge is 2.12. The van der Waals surface area contributed by atoms with Gasteiger partial charge in [-0.1, -0.05) is 36.4 Å². The Morgan fingerprint density at radius 2 is 2.00 bits per heavy atom. The monoisotopic (exact) mass is 255 g/mol. The maximum absolute atomic E-state index is 5.50. The Labute approximate surface area is 114 Å². The van der Waals surface area contributed by atoms with Crippen molar-refractivity contribution in [3.05, 3.63) is 48.0 Å². The number of fused-ring (bicyclic) bond motifs is 1. The Hall–Kier alpha value is -1.38. The fourth-order valence-electron chi connectivity index (χ4n) is 2.74. The van der Waals surface area contributed by atoms with Gasteiger partial charge < -0.3 is 10.1 Å². The first-order valence-electron chi connectivity index (χ1n) is 7.18. The summed E-state index contributed by atoms with van der Waals surface area (Å²) in [5, 5.41) is 6.19. The van der Waals surface area contributed by atoms with Crippen molar-refractivity contribution in [2.75, 3.05) is 19.8 Å². The molecule has 1 heterocycles. The van der Waals surface area contributed by atoms with E-state index in [-0.39, 0.29) is 0 Å². The average molecular weight is 255 g/mol. The van der Waals surface area contributed by atoms with Crippen molar-refractivity contribution in [2.45, 2.75) is 19.4 Å². The van der Waals surface area contributed by atoms with E-state index in [0.717, 1.165) is 26.3 Å². The van der Waals surface area contributed by atoms with Crippen LogP contribution < -0.4 is 5.32 Å². The van der Waals surface area contributed by atoms with Gasteiger partial charge in [-0.05, 0) is 41.2 Å². The molecular formula is C17H21NO. The van der Waals surface area contributed by atoms with Gasteiger partial charge >= 0.3 is 0 Å². The molecule has 2 nitrogen and oxygen atoms in total. The molecule has 0 amide bonds. The van der Waals surface area contributed by atoms with Crippen LogP contribution in [0.1, 0.15) is 18.4 Å². The topological polar surface area (TPSA) is 21.3 Å². The highest BCUT2D eigenvalue weighted by molar-refractivity contribution is 5.82. The Bertz CT molecular complexity index is 532. The zero-order valence-electron chi connectivity index (χ0n) is 11.3. The third-order valence-electron chi connectivity index (χ3n) is 3.83. The van der Waals surface area contributed by atoms with E-state index < -0.39 is 0 Å². The summed E-state index contributed by atoms with van der Waals surface area (Å²) in [6, 6.07) is 15.2. The summed E-state index contributed by atoms with van der Waals surface area (Å²) in [7, 11) is 0.